The Morgan fingerprint density at radius 1 is 0.976 bits per heavy atom. The van der Waals surface area contributed by atoms with Crippen molar-refractivity contribution in [1.29, 1.82) is 10.5 Å². The Labute approximate surface area is 235 Å². The number of nitrogens with zero attached hydrogens (tertiary/aromatic N) is 7. The van der Waals surface area contributed by atoms with E-state index in [1.807, 2.05) is 18.2 Å². The molecule has 5 aromatic rings. The number of allylic oxidation sites excluding steroid dienone is 1. The molecule has 42 heavy (non-hydrogen) atoms. The molecule has 13 heteroatoms. The van der Waals surface area contributed by atoms with Crippen LogP contribution in [0.5, 0.6) is 11.6 Å². The maximum atomic E-state index is 13.9. The summed E-state index contributed by atoms with van der Waals surface area (Å²) < 4.78 is 9.73. The maximum absolute atomic E-state index is 13.9. The third-order valence-corrected chi connectivity index (χ3v) is 6.97. The van der Waals surface area contributed by atoms with Crippen LogP contribution in [0.15, 0.2) is 88.0 Å². The highest BCUT2D eigenvalue weighted by Crippen LogP contribution is 2.42. The monoisotopic (exact) mass is 558 g/mol. The van der Waals surface area contributed by atoms with E-state index in [0.717, 1.165) is 21.5 Å². The Kier molecular flexibility index (Phi) is 5.91. The van der Waals surface area contributed by atoms with Crippen LogP contribution in [0.25, 0.3) is 22.3 Å². The highest BCUT2D eigenvalue weighted by atomic mass is 16.6. The Balaban J connectivity index is 1.66. The van der Waals surface area contributed by atoms with Gasteiger partial charge in [0.2, 0.25) is 5.88 Å². The summed E-state index contributed by atoms with van der Waals surface area (Å²) in [5.74, 6) is 0.191. The first-order chi connectivity index (χ1) is 20.2. The molecule has 0 fully saturated rings. The quantitative estimate of drug-likeness (QED) is 0.249. The van der Waals surface area contributed by atoms with E-state index in [1.165, 1.54) is 10.7 Å². The molecule has 3 aromatic carbocycles. The number of aryl methyl sites for hydroxylation is 1. The summed E-state index contributed by atoms with van der Waals surface area (Å²) in [6.45, 7) is 1.67. The second-order valence-electron chi connectivity index (χ2n) is 9.36. The minimum atomic E-state index is -1.22. The molecule has 1 aliphatic rings. The number of fused-ring (bicyclic) bond motifs is 2. The van der Waals surface area contributed by atoms with E-state index in [0.29, 0.717) is 22.7 Å². The van der Waals surface area contributed by atoms with Gasteiger partial charge < -0.3 is 10.5 Å². The van der Waals surface area contributed by atoms with Gasteiger partial charge in [-0.2, -0.15) is 20.3 Å². The molecule has 2 N–H and O–H groups in total. The van der Waals surface area contributed by atoms with Crippen molar-refractivity contribution in [2.75, 3.05) is 0 Å². The number of benzene rings is 3. The molecule has 1 unspecified atom stereocenters. The normalized spacial score (nSPS) is 13.9. The van der Waals surface area contributed by atoms with Gasteiger partial charge in [0.25, 0.3) is 16.8 Å². The molecule has 2 aromatic heterocycles. The topological polar surface area (TPSA) is 188 Å². The largest absolute Gasteiger partial charge is 0.439 e. The predicted octanol–water partition coefficient (Wildman–Crippen LogP) is 3.48. The van der Waals surface area contributed by atoms with Crippen LogP contribution in [0.1, 0.15) is 22.9 Å². The summed E-state index contributed by atoms with van der Waals surface area (Å²) in [7, 11) is 0. The Morgan fingerprint density at radius 2 is 1.69 bits per heavy atom. The summed E-state index contributed by atoms with van der Waals surface area (Å²) in [6, 6.07) is 21.5. The van der Waals surface area contributed by atoms with E-state index < -0.39 is 22.1 Å². The van der Waals surface area contributed by atoms with Gasteiger partial charge in [-0.25, -0.2) is 9.36 Å². The Hall–Kier alpha value is -6.47. The zero-order valence-electron chi connectivity index (χ0n) is 21.8. The lowest BCUT2D eigenvalue weighted by Gasteiger charge is -2.18. The Bertz CT molecular complexity index is 2180. The fraction of sp³-hybridized carbons (Fsp3) is 0.0690. The summed E-state index contributed by atoms with van der Waals surface area (Å²) >= 11 is 0. The Morgan fingerprint density at radius 3 is 2.33 bits per heavy atom. The molecule has 3 heterocycles. The number of rotatable bonds is 5. The maximum Gasteiger partial charge on any atom is 0.279 e. The van der Waals surface area contributed by atoms with Crippen molar-refractivity contribution < 1.29 is 9.66 Å². The lowest BCUT2D eigenvalue weighted by molar-refractivity contribution is -0.384. The summed E-state index contributed by atoms with van der Waals surface area (Å²) in [5.41, 5.74) is 6.03. The fourth-order valence-electron chi connectivity index (χ4n) is 5.04. The number of non-ortho nitro benzene ring substituents is 1. The second-order valence-corrected chi connectivity index (χ2v) is 9.36. The number of ether oxygens (including phenoxy) is 1. The highest BCUT2D eigenvalue weighted by molar-refractivity contribution is 5.84. The van der Waals surface area contributed by atoms with Crippen LogP contribution in [0.4, 0.5) is 5.69 Å². The van der Waals surface area contributed by atoms with Gasteiger partial charge in [0.1, 0.15) is 29.3 Å². The molecule has 0 aliphatic carbocycles. The average molecular weight is 559 g/mol. The van der Waals surface area contributed by atoms with Crippen molar-refractivity contribution in [3.63, 3.8) is 0 Å². The molecule has 0 saturated heterocycles. The van der Waals surface area contributed by atoms with Gasteiger partial charge in [0.05, 0.1) is 44.3 Å². The number of nitro groups is 1. The number of nitriles is 2. The van der Waals surface area contributed by atoms with Crippen molar-refractivity contribution in [3.8, 4) is 29.5 Å². The first-order valence-corrected chi connectivity index (χ1v) is 12.4. The van der Waals surface area contributed by atoms with E-state index in [4.69, 9.17) is 10.5 Å². The van der Waals surface area contributed by atoms with E-state index in [-0.39, 0.29) is 39.3 Å². The van der Waals surface area contributed by atoms with Gasteiger partial charge in [-0.3, -0.25) is 19.7 Å². The molecule has 0 amide bonds. The van der Waals surface area contributed by atoms with E-state index in [9.17, 15) is 30.2 Å². The van der Waals surface area contributed by atoms with Crippen LogP contribution >= 0.6 is 0 Å². The van der Waals surface area contributed by atoms with E-state index in [2.05, 4.69) is 5.10 Å². The minimum Gasteiger partial charge on any atom is -0.439 e. The van der Waals surface area contributed by atoms with Gasteiger partial charge in [-0.1, -0.05) is 18.2 Å². The minimum absolute atomic E-state index is 0.0819. The van der Waals surface area contributed by atoms with Crippen molar-refractivity contribution in [1.82, 2.24) is 19.1 Å². The van der Waals surface area contributed by atoms with Gasteiger partial charge in [-0.05, 0) is 49.4 Å². The number of para-hydroxylation sites is 1. The first-order valence-electron chi connectivity index (χ1n) is 12.4. The van der Waals surface area contributed by atoms with Crippen molar-refractivity contribution in [2.45, 2.75) is 13.0 Å². The van der Waals surface area contributed by atoms with Crippen LogP contribution in [0, 0.1) is 39.7 Å². The molecule has 0 spiro atoms. The molecule has 13 nitrogen and oxygen atoms in total. The van der Waals surface area contributed by atoms with E-state index >= 15 is 0 Å². The van der Waals surface area contributed by atoms with Crippen LogP contribution in [-0.4, -0.2) is 24.1 Å². The van der Waals surface area contributed by atoms with Gasteiger partial charge >= 0.3 is 0 Å². The number of nitrogens with two attached hydrogens (primary N) is 1. The second kappa shape index (κ2) is 9.62. The third kappa shape index (κ3) is 3.81. The van der Waals surface area contributed by atoms with Gasteiger partial charge in [0, 0.05) is 12.1 Å². The molecular formula is C29H18N8O5. The molecule has 0 saturated carbocycles. The predicted molar refractivity (Wildman–Crippen MR) is 150 cm³/mol. The van der Waals surface area contributed by atoms with Crippen LogP contribution in [0.2, 0.25) is 0 Å². The molecule has 1 aliphatic heterocycles. The zero-order chi connectivity index (χ0) is 29.7. The zero-order valence-corrected chi connectivity index (χ0v) is 21.8. The summed E-state index contributed by atoms with van der Waals surface area (Å²) in [5, 5.41) is 35.1. The standard InChI is InChI=1S/C29H18N8O5/c1-16-24(29(34(33-16)18-5-3-2-4-6-18)42-20-10-7-17(14-30)8-11-20)25-23(15-31)26(32)36-28(39)22-13-19(37(40)41)9-12-21(22)27(38)35(25)36/h2-13,25H,32H2,1H3. The van der Waals surface area contributed by atoms with Crippen molar-refractivity contribution >= 4 is 22.3 Å². The molecule has 6 rings (SSSR count). The molecular weight excluding hydrogens is 540 g/mol. The number of hydrogen-bond donors (Lipinski definition) is 1. The molecule has 0 bridgehead atoms. The highest BCUT2D eigenvalue weighted by Gasteiger charge is 2.40. The SMILES string of the molecule is Cc1nn(-c2ccccc2)c(Oc2ccc(C#N)cc2)c1C1C(C#N)=C(N)n2c(=O)c3cc([N+](=O)[O-])ccc3c(=O)n21. The molecule has 1 atom stereocenters. The van der Waals surface area contributed by atoms with Crippen molar-refractivity contribution in [3.05, 3.63) is 126 Å². The fourth-order valence-corrected chi connectivity index (χ4v) is 5.04. The number of nitro benzene ring substituents is 1. The summed E-state index contributed by atoms with van der Waals surface area (Å²) in [4.78, 5) is 38.2. The van der Waals surface area contributed by atoms with E-state index in [1.54, 1.807) is 55.5 Å². The summed E-state index contributed by atoms with van der Waals surface area (Å²) in [6.07, 6.45) is 0. The first kappa shape index (κ1) is 25.8. The van der Waals surface area contributed by atoms with Crippen LogP contribution in [-0.2, 0) is 0 Å². The third-order valence-electron chi connectivity index (χ3n) is 6.97. The van der Waals surface area contributed by atoms with Crippen LogP contribution < -0.4 is 21.6 Å². The van der Waals surface area contributed by atoms with Gasteiger partial charge in [-0.15, -0.1) is 0 Å². The van der Waals surface area contributed by atoms with Gasteiger partial charge in [0.15, 0.2) is 0 Å². The smallest absolute Gasteiger partial charge is 0.279 e. The number of hydrogen-bond acceptors (Lipinski definition) is 9. The van der Waals surface area contributed by atoms with Crippen LogP contribution in [0.3, 0.4) is 0 Å². The lowest BCUT2D eigenvalue weighted by Crippen LogP contribution is -2.38. The molecule has 0 radical (unpaired) electrons. The number of aromatic nitrogens is 4. The molecule has 204 valence electrons. The average Bonchev–Trinajstić information content (AvgIpc) is 3.48. The lowest BCUT2D eigenvalue weighted by atomic mass is 10.0. The van der Waals surface area contributed by atoms with Crippen molar-refractivity contribution in [2.24, 2.45) is 5.73 Å².